The summed E-state index contributed by atoms with van der Waals surface area (Å²) in [6.45, 7) is 0. The molecule has 0 heterocycles. The van der Waals surface area contributed by atoms with Gasteiger partial charge in [0.1, 0.15) is 0 Å². The van der Waals surface area contributed by atoms with E-state index in [9.17, 15) is 18.0 Å². The van der Waals surface area contributed by atoms with Gasteiger partial charge in [0, 0.05) is 10.8 Å². The van der Waals surface area contributed by atoms with Crippen LogP contribution in [-0.4, -0.2) is 17.8 Å². The van der Waals surface area contributed by atoms with E-state index in [1.54, 1.807) is 24.3 Å². The summed E-state index contributed by atoms with van der Waals surface area (Å²) in [5.41, 5.74) is 0.490. The van der Waals surface area contributed by atoms with E-state index in [4.69, 9.17) is 0 Å². The van der Waals surface area contributed by atoms with E-state index in [2.05, 4.69) is 5.32 Å². The van der Waals surface area contributed by atoms with Gasteiger partial charge in [0.05, 0.1) is 11.4 Å². The fraction of sp³-hybridized carbons (Fsp3) is 0.562. The molecule has 1 aromatic carbocycles. The molecule has 2 aliphatic carbocycles. The normalized spacial score (nSPS) is 27.1. The SMILES string of the molecule is O=C(Nc1ccccc1SCC(F)(F)F)C1CC2CCC1C2. The molecule has 0 saturated heterocycles. The minimum absolute atomic E-state index is 0.0272. The summed E-state index contributed by atoms with van der Waals surface area (Å²) in [5.74, 6) is 0.163. The van der Waals surface area contributed by atoms with Gasteiger partial charge < -0.3 is 5.32 Å². The first-order chi connectivity index (χ1) is 10.4. The second-order valence-corrected chi connectivity index (χ2v) is 7.19. The highest BCUT2D eigenvalue weighted by atomic mass is 32.2. The van der Waals surface area contributed by atoms with Gasteiger partial charge in [-0.15, -0.1) is 11.8 Å². The van der Waals surface area contributed by atoms with Crippen LogP contribution in [0.5, 0.6) is 0 Å². The largest absolute Gasteiger partial charge is 0.398 e. The molecule has 1 amide bonds. The molecule has 2 nitrogen and oxygen atoms in total. The number of fused-ring (bicyclic) bond motifs is 2. The molecule has 0 aliphatic heterocycles. The summed E-state index contributed by atoms with van der Waals surface area (Å²) in [5, 5.41) is 2.85. The molecule has 0 radical (unpaired) electrons. The molecule has 0 aromatic heterocycles. The van der Waals surface area contributed by atoms with E-state index in [-0.39, 0.29) is 11.8 Å². The highest BCUT2D eigenvalue weighted by Crippen LogP contribution is 2.48. The van der Waals surface area contributed by atoms with E-state index in [0.717, 1.165) is 19.3 Å². The monoisotopic (exact) mass is 329 g/mol. The Kier molecular flexibility index (Phi) is 4.39. The highest BCUT2D eigenvalue weighted by molar-refractivity contribution is 7.99. The minimum Gasteiger partial charge on any atom is -0.325 e. The van der Waals surface area contributed by atoms with Crippen LogP contribution in [0.4, 0.5) is 18.9 Å². The maximum Gasteiger partial charge on any atom is 0.398 e. The van der Waals surface area contributed by atoms with Crippen molar-refractivity contribution in [3.05, 3.63) is 24.3 Å². The van der Waals surface area contributed by atoms with Crippen molar-refractivity contribution in [2.45, 2.75) is 36.8 Å². The molecule has 2 fully saturated rings. The van der Waals surface area contributed by atoms with E-state index in [0.29, 0.717) is 34.2 Å². The third kappa shape index (κ3) is 3.59. The number of nitrogens with one attached hydrogen (secondary N) is 1. The molecular weight excluding hydrogens is 311 g/mol. The van der Waals surface area contributed by atoms with Crippen molar-refractivity contribution in [3.63, 3.8) is 0 Å². The van der Waals surface area contributed by atoms with Crippen LogP contribution in [-0.2, 0) is 4.79 Å². The molecular formula is C16H18F3NOS. The molecule has 6 heteroatoms. The van der Waals surface area contributed by atoms with Gasteiger partial charge in [0.2, 0.25) is 5.91 Å². The first kappa shape index (κ1) is 15.7. The third-order valence-corrected chi connectivity index (χ3v) is 5.75. The zero-order valence-electron chi connectivity index (χ0n) is 12.0. The average Bonchev–Trinajstić information content (AvgIpc) is 3.08. The number of amides is 1. The van der Waals surface area contributed by atoms with Crippen LogP contribution >= 0.6 is 11.8 Å². The number of para-hydroxylation sites is 1. The number of anilines is 1. The molecule has 1 N–H and O–H groups in total. The number of benzene rings is 1. The molecule has 0 spiro atoms. The van der Waals surface area contributed by atoms with E-state index >= 15 is 0 Å². The van der Waals surface area contributed by atoms with Gasteiger partial charge in [-0.05, 0) is 43.2 Å². The van der Waals surface area contributed by atoms with Crippen LogP contribution in [0.15, 0.2) is 29.2 Å². The lowest BCUT2D eigenvalue weighted by molar-refractivity contribution is -0.121. The second-order valence-electron chi connectivity index (χ2n) is 6.17. The third-order valence-electron chi connectivity index (χ3n) is 4.61. The average molecular weight is 329 g/mol. The van der Waals surface area contributed by atoms with Gasteiger partial charge in [-0.1, -0.05) is 18.6 Å². The highest BCUT2D eigenvalue weighted by Gasteiger charge is 2.43. The Bertz CT molecular complexity index is 561. The number of hydrogen-bond acceptors (Lipinski definition) is 2. The van der Waals surface area contributed by atoms with Gasteiger partial charge >= 0.3 is 6.18 Å². The Hall–Kier alpha value is -1.17. The molecule has 3 atom stereocenters. The predicted molar refractivity (Wildman–Crippen MR) is 80.8 cm³/mol. The first-order valence-electron chi connectivity index (χ1n) is 7.52. The summed E-state index contributed by atoms with van der Waals surface area (Å²) in [6.07, 6.45) is 0.156. The molecule has 120 valence electrons. The maximum atomic E-state index is 12.4. The molecule has 3 rings (SSSR count). The van der Waals surface area contributed by atoms with E-state index < -0.39 is 11.9 Å². The Labute approximate surface area is 131 Å². The fourth-order valence-corrected chi connectivity index (χ4v) is 4.42. The summed E-state index contributed by atoms with van der Waals surface area (Å²) in [4.78, 5) is 12.9. The summed E-state index contributed by atoms with van der Waals surface area (Å²) < 4.78 is 37.1. The van der Waals surface area contributed by atoms with Crippen LogP contribution in [0.25, 0.3) is 0 Å². The van der Waals surface area contributed by atoms with Crippen molar-refractivity contribution in [1.82, 2.24) is 0 Å². The van der Waals surface area contributed by atoms with E-state index in [1.165, 1.54) is 6.42 Å². The number of rotatable bonds is 4. The molecule has 3 unspecified atom stereocenters. The summed E-state index contributed by atoms with van der Waals surface area (Å²) >= 11 is 0.714. The van der Waals surface area contributed by atoms with Crippen LogP contribution < -0.4 is 5.32 Å². The Morgan fingerprint density at radius 3 is 2.64 bits per heavy atom. The molecule has 1 aromatic rings. The van der Waals surface area contributed by atoms with Crippen molar-refractivity contribution in [2.24, 2.45) is 17.8 Å². The quantitative estimate of drug-likeness (QED) is 0.810. The number of halogens is 3. The lowest BCUT2D eigenvalue weighted by atomic mass is 9.88. The lowest BCUT2D eigenvalue weighted by Crippen LogP contribution is -2.27. The fourth-order valence-electron chi connectivity index (χ4n) is 3.65. The van der Waals surface area contributed by atoms with E-state index in [1.807, 2.05) is 0 Å². The lowest BCUT2D eigenvalue weighted by Gasteiger charge is -2.21. The Balaban J connectivity index is 1.66. The number of thioether (sulfide) groups is 1. The van der Waals surface area contributed by atoms with Gasteiger partial charge in [0.15, 0.2) is 0 Å². The summed E-state index contributed by atoms with van der Waals surface area (Å²) in [7, 11) is 0. The van der Waals surface area contributed by atoms with Crippen LogP contribution in [0.2, 0.25) is 0 Å². The summed E-state index contributed by atoms with van der Waals surface area (Å²) in [6, 6.07) is 6.70. The molecule has 2 saturated carbocycles. The minimum atomic E-state index is -4.22. The van der Waals surface area contributed by atoms with Gasteiger partial charge in [0.25, 0.3) is 0 Å². The van der Waals surface area contributed by atoms with Crippen LogP contribution in [0, 0.1) is 17.8 Å². The smallest absolute Gasteiger partial charge is 0.325 e. The van der Waals surface area contributed by atoms with Crippen molar-refractivity contribution in [2.75, 3.05) is 11.1 Å². The number of carbonyl (C=O) groups is 1. The number of carbonyl (C=O) groups excluding carboxylic acids is 1. The second kappa shape index (κ2) is 6.14. The standard InChI is InChI=1S/C16H18F3NOS/c17-16(18,19)9-22-14-4-2-1-3-13(14)20-15(21)12-8-10-5-6-11(12)7-10/h1-4,10-12H,5-9H2,(H,20,21). The van der Waals surface area contributed by atoms with Crippen molar-refractivity contribution >= 4 is 23.4 Å². The van der Waals surface area contributed by atoms with Crippen molar-refractivity contribution in [3.8, 4) is 0 Å². The van der Waals surface area contributed by atoms with Crippen molar-refractivity contribution in [1.29, 1.82) is 0 Å². The predicted octanol–water partition coefficient (Wildman–Crippen LogP) is 4.72. The van der Waals surface area contributed by atoms with Gasteiger partial charge in [-0.3, -0.25) is 4.79 Å². The molecule has 2 bridgehead atoms. The van der Waals surface area contributed by atoms with Gasteiger partial charge in [-0.25, -0.2) is 0 Å². The molecule has 2 aliphatic rings. The van der Waals surface area contributed by atoms with Crippen molar-refractivity contribution < 1.29 is 18.0 Å². The zero-order chi connectivity index (χ0) is 15.7. The maximum absolute atomic E-state index is 12.4. The molecule has 22 heavy (non-hydrogen) atoms. The topological polar surface area (TPSA) is 29.1 Å². The first-order valence-corrected chi connectivity index (χ1v) is 8.50. The van der Waals surface area contributed by atoms with Gasteiger partial charge in [-0.2, -0.15) is 13.2 Å². The Morgan fingerprint density at radius 1 is 1.23 bits per heavy atom. The van der Waals surface area contributed by atoms with Crippen LogP contribution in [0.3, 0.4) is 0 Å². The number of hydrogen-bond donors (Lipinski definition) is 1. The Morgan fingerprint density at radius 2 is 2.00 bits per heavy atom. The van der Waals surface area contributed by atoms with Crippen LogP contribution in [0.1, 0.15) is 25.7 Å². The zero-order valence-corrected chi connectivity index (χ0v) is 12.8. The number of alkyl halides is 3.